The molecule has 0 spiro atoms. The summed E-state index contributed by atoms with van der Waals surface area (Å²) in [6.07, 6.45) is 3.43. The van der Waals surface area contributed by atoms with Gasteiger partial charge in [0.2, 0.25) is 0 Å². The minimum atomic E-state index is -0.0560. The molecule has 0 atom stereocenters. The van der Waals surface area contributed by atoms with Gasteiger partial charge in [0, 0.05) is 25.3 Å². The SMILES string of the molecule is CC(C)NC(=O)N(c1cccnc1)C1CNC1. The molecular formula is C12H18N4O. The average Bonchev–Trinajstić information content (AvgIpc) is 2.23. The van der Waals surface area contributed by atoms with Gasteiger partial charge in [0.15, 0.2) is 0 Å². The molecule has 2 N–H and O–H groups in total. The Hall–Kier alpha value is -1.62. The lowest BCUT2D eigenvalue weighted by atomic mass is 10.1. The molecular weight excluding hydrogens is 216 g/mol. The molecule has 2 amide bonds. The third kappa shape index (κ3) is 2.74. The molecule has 1 saturated heterocycles. The normalized spacial score (nSPS) is 15.5. The Morgan fingerprint density at radius 1 is 1.59 bits per heavy atom. The Bertz CT molecular complexity index is 375. The van der Waals surface area contributed by atoms with Crippen LogP contribution in [-0.4, -0.2) is 36.2 Å². The van der Waals surface area contributed by atoms with Crippen molar-refractivity contribution in [3.8, 4) is 0 Å². The number of anilines is 1. The molecule has 2 heterocycles. The zero-order valence-electron chi connectivity index (χ0n) is 10.2. The third-order valence-corrected chi connectivity index (χ3v) is 2.68. The quantitative estimate of drug-likeness (QED) is 0.819. The predicted octanol–water partition coefficient (Wildman–Crippen LogP) is 0.978. The smallest absolute Gasteiger partial charge is 0.322 e. The largest absolute Gasteiger partial charge is 0.336 e. The fourth-order valence-electron chi connectivity index (χ4n) is 1.76. The van der Waals surface area contributed by atoms with Crippen molar-refractivity contribution in [1.29, 1.82) is 0 Å². The number of nitrogens with zero attached hydrogens (tertiary/aromatic N) is 2. The molecule has 1 aromatic heterocycles. The van der Waals surface area contributed by atoms with Gasteiger partial charge in [-0.2, -0.15) is 0 Å². The van der Waals surface area contributed by atoms with E-state index in [1.807, 2.05) is 26.0 Å². The second-order valence-electron chi connectivity index (χ2n) is 4.50. The molecule has 1 fully saturated rings. The molecule has 1 aromatic rings. The Balaban J connectivity index is 2.16. The summed E-state index contributed by atoms with van der Waals surface area (Å²) in [6.45, 7) is 5.58. The summed E-state index contributed by atoms with van der Waals surface area (Å²) in [4.78, 5) is 18.0. The lowest BCUT2D eigenvalue weighted by Gasteiger charge is -2.38. The fraction of sp³-hybridized carbons (Fsp3) is 0.500. The summed E-state index contributed by atoms with van der Waals surface area (Å²) >= 11 is 0. The van der Waals surface area contributed by atoms with Gasteiger partial charge >= 0.3 is 6.03 Å². The highest BCUT2D eigenvalue weighted by Gasteiger charge is 2.30. The first-order chi connectivity index (χ1) is 8.18. The Labute approximate surface area is 101 Å². The molecule has 0 saturated carbocycles. The van der Waals surface area contributed by atoms with Crippen LogP contribution in [0.5, 0.6) is 0 Å². The van der Waals surface area contributed by atoms with Crippen LogP contribution in [0.3, 0.4) is 0 Å². The van der Waals surface area contributed by atoms with Crippen molar-refractivity contribution in [3.63, 3.8) is 0 Å². The summed E-state index contributed by atoms with van der Waals surface area (Å²) in [7, 11) is 0. The molecule has 0 aromatic carbocycles. The van der Waals surface area contributed by atoms with Crippen LogP contribution in [0.15, 0.2) is 24.5 Å². The zero-order chi connectivity index (χ0) is 12.3. The Kier molecular flexibility index (Phi) is 3.58. The van der Waals surface area contributed by atoms with Crippen LogP contribution in [0, 0.1) is 0 Å². The zero-order valence-corrected chi connectivity index (χ0v) is 10.2. The predicted molar refractivity (Wildman–Crippen MR) is 67.0 cm³/mol. The van der Waals surface area contributed by atoms with Gasteiger partial charge in [-0.15, -0.1) is 0 Å². The first-order valence-corrected chi connectivity index (χ1v) is 5.89. The molecule has 0 radical (unpaired) electrons. The minimum Gasteiger partial charge on any atom is -0.336 e. The van der Waals surface area contributed by atoms with Crippen molar-refractivity contribution in [1.82, 2.24) is 15.6 Å². The molecule has 17 heavy (non-hydrogen) atoms. The van der Waals surface area contributed by atoms with Gasteiger partial charge in [-0.1, -0.05) is 0 Å². The molecule has 1 aliphatic heterocycles. The lowest BCUT2D eigenvalue weighted by molar-refractivity contribution is 0.238. The summed E-state index contributed by atoms with van der Waals surface area (Å²) in [5.41, 5.74) is 0.845. The number of nitrogens with one attached hydrogen (secondary N) is 2. The highest BCUT2D eigenvalue weighted by molar-refractivity contribution is 5.92. The molecule has 2 rings (SSSR count). The van der Waals surface area contributed by atoms with Crippen LogP contribution in [0.1, 0.15) is 13.8 Å². The van der Waals surface area contributed by atoms with E-state index in [2.05, 4.69) is 15.6 Å². The summed E-state index contributed by atoms with van der Waals surface area (Å²) in [5, 5.41) is 6.10. The number of pyridine rings is 1. The van der Waals surface area contributed by atoms with Gasteiger partial charge in [0.1, 0.15) is 0 Å². The number of hydrogen-bond donors (Lipinski definition) is 2. The van der Waals surface area contributed by atoms with Crippen LogP contribution < -0.4 is 15.5 Å². The van der Waals surface area contributed by atoms with Gasteiger partial charge < -0.3 is 10.6 Å². The van der Waals surface area contributed by atoms with Crippen LogP contribution in [0.4, 0.5) is 10.5 Å². The Morgan fingerprint density at radius 2 is 2.35 bits per heavy atom. The van der Waals surface area contributed by atoms with E-state index in [4.69, 9.17) is 0 Å². The van der Waals surface area contributed by atoms with Crippen molar-refractivity contribution in [2.45, 2.75) is 25.9 Å². The number of rotatable bonds is 3. The molecule has 0 aliphatic carbocycles. The molecule has 0 bridgehead atoms. The number of hydrogen-bond acceptors (Lipinski definition) is 3. The van der Waals surface area contributed by atoms with E-state index in [1.54, 1.807) is 17.3 Å². The highest BCUT2D eigenvalue weighted by Crippen LogP contribution is 2.17. The standard InChI is InChI=1S/C12H18N4O/c1-9(2)15-12(17)16(11-7-14-8-11)10-4-3-5-13-6-10/h3-6,9,11,14H,7-8H2,1-2H3,(H,15,17). The summed E-state index contributed by atoms with van der Waals surface area (Å²) in [5.74, 6) is 0. The number of amides is 2. The van der Waals surface area contributed by atoms with Gasteiger partial charge in [0.05, 0.1) is 17.9 Å². The molecule has 92 valence electrons. The first-order valence-electron chi connectivity index (χ1n) is 5.89. The second-order valence-corrected chi connectivity index (χ2v) is 4.50. The fourth-order valence-corrected chi connectivity index (χ4v) is 1.76. The minimum absolute atomic E-state index is 0.0560. The van der Waals surface area contributed by atoms with Gasteiger partial charge in [0.25, 0.3) is 0 Å². The van der Waals surface area contributed by atoms with Gasteiger partial charge in [-0.05, 0) is 26.0 Å². The molecule has 5 nitrogen and oxygen atoms in total. The van der Waals surface area contributed by atoms with Crippen LogP contribution in [0.2, 0.25) is 0 Å². The number of aromatic nitrogens is 1. The lowest BCUT2D eigenvalue weighted by Crippen LogP contribution is -2.61. The maximum atomic E-state index is 12.1. The van der Waals surface area contributed by atoms with E-state index in [0.29, 0.717) is 0 Å². The molecule has 0 unspecified atom stereocenters. The van der Waals surface area contributed by atoms with Crippen LogP contribution >= 0.6 is 0 Å². The van der Waals surface area contributed by atoms with Crippen molar-refractivity contribution in [3.05, 3.63) is 24.5 Å². The monoisotopic (exact) mass is 234 g/mol. The summed E-state index contributed by atoms with van der Waals surface area (Å²) < 4.78 is 0. The maximum absolute atomic E-state index is 12.1. The average molecular weight is 234 g/mol. The van der Waals surface area contributed by atoms with Crippen molar-refractivity contribution < 1.29 is 4.79 Å². The molecule has 5 heteroatoms. The van der Waals surface area contributed by atoms with Crippen LogP contribution in [-0.2, 0) is 0 Å². The van der Waals surface area contributed by atoms with Crippen molar-refractivity contribution in [2.24, 2.45) is 0 Å². The van der Waals surface area contributed by atoms with Crippen LogP contribution in [0.25, 0.3) is 0 Å². The number of carbonyl (C=O) groups excluding carboxylic acids is 1. The van der Waals surface area contributed by atoms with Gasteiger partial charge in [-0.3, -0.25) is 9.88 Å². The van der Waals surface area contributed by atoms with E-state index >= 15 is 0 Å². The highest BCUT2D eigenvalue weighted by atomic mass is 16.2. The first kappa shape index (κ1) is 11.9. The van der Waals surface area contributed by atoms with Crippen molar-refractivity contribution in [2.75, 3.05) is 18.0 Å². The van der Waals surface area contributed by atoms with E-state index < -0.39 is 0 Å². The van der Waals surface area contributed by atoms with E-state index in [0.717, 1.165) is 18.8 Å². The topological polar surface area (TPSA) is 57.3 Å². The maximum Gasteiger partial charge on any atom is 0.322 e. The Morgan fingerprint density at radius 3 is 2.82 bits per heavy atom. The van der Waals surface area contributed by atoms with Crippen molar-refractivity contribution >= 4 is 11.7 Å². The van der Waals surface area contributed by atoms with E-state index in [9.17, 15) is 4.79 Å². The van der Waals surface area contributed by atoms with E-state index in [-0.39, 0.29) is 18.1 Å². The second kappa shape index (κ2) is 5.14. The van der Waals surface area contributed by atoms with Gasteiger partial charge in [-0.25, -0.2) is 4.79 Å². The molecule has 1 aliphatic rings. The summed E-state index contributed by atoms with van der Waals surface area (Å²) in [6, 6.07) is 4.05. The number of urea groups is 1. The third-order valence-electron chi connectivity index (χ3n) is 2.68. The number of carbonyl (C=O) groups is 1. The van der Waals surface area contributed by atoms with E-state index in [1.165, 1.54) is 0 Å².